The lowest BCUT2D eigenvalue weighted by atomic mass is 10.1. The van der Waals surface area contributed by atoms with E-state index in [1.54, 1.807) is 6.07 Å². The molecule has 0 saturated carbocycles. The smallest absolute Gasteiger partial charge is 0.182 e. The van der Waals surface area contributed by atoms with E-state index in [9.17, 15) is 4.79 Å². The Balaban J connectivity index is 2.47. The Hall–Kier alpha value is -1.39. The molecule has 1 aliphatic heterocycles. The first kappa shape index (κ1) is 7.27. The topological polar surface area (TPSA) is 58.4 Å². The summed E-state index contributed by atoms with van der Waals surface area (Å²) in [4.78, 5) is 11.3. The van der Waals surface area contributed by atoms with Crippen molar-refractivity contribution in [2.75, 3.05) is 12.0 Å². The number of nitrogens with two attached hydrogens (primary N) is 1. The van der Waals surface area contributed by atoms with Crippen LogP contribution in [0.15, 0.2) is 24.3 Å². The minimum absolute atomic E-state index is 0.0480. The Morgan fingerprint density at radius 1 is 1.42 bits per heavy atom. The fourth-order valence-electron chi connectivity index (χ4n) is 1.26. The molecule has 12 heavy (non-hydrogen) atoms. The first-order chi connectivity index (χ1) is 5.77. The van der Waals surface area contributed by atoms with Gasteiger partial charge in [-0.25, -0.2) is 0 Å². The number of anilines is 1. The summed E-state index contributed by atoms with van der Waals surface area (Å²) < 4.78 is 0. The molecule has 0 amide bonds. The number of hydrogen-bond donors (Lipinski definition) is 2. The van der Waals surface area contributed by atoms with E-state index in [1.165, 1.54) is 5.12 Å². The molecule has 1 aliphatic rings. The number of nitrogens with one attached hydrogen (secondary N) is 1. The van der Waals surface area contributed by atoms with Gasteiger partial charge in [0.1, 0.15) is 0 Å². The number of benzene rings is 1. The quantitative estimate of drug-likeness (QED) is 0.543. The molecule has 1 aromatic rings. The lowest BCUT2D eigenvalue weighted by Crippen LogP contribution is -2.44. The first-order valence-electron chi connectivity index (χ1n) is 3.68. The maximum absolute atomic E-state index is 11.3. The van der Waals surface area contributed by atoms with Gasteiger partial charge >= 0.3 is 0 Å². The van der Waals surface area contributed by atoms with Crippen LogP contribution in [0.25, 0.3) is 0 Å². The molecule has 1 heterocycles. The molecule has 3 N–H and O–H groups in total. The fraction of sp³-hybridized carbons (Fsp3) is 0.125. The van der Waals surface area contributed by atoms with E-state index in [4.69, 9.17) is 5.84 Å². The largest absolute Gasteiger partial charge is 0.305 e. The van der Waals surface area contributed by atoms with Crippen LogP contribution >= 0.6 is 0 Å². The highest BCUT2D eigenvalue weighted by atomic mass is 16.1. The number of para-hydroxylation sites is 1. The second-order valence-electron chi connectivity index (χ2n) is 2.71. The van der Waals surface area contributed by atoms with Crippen LogP contribution in [-0.4, -0.2) is 17.4 Å². The molecule has 0 radical (unpaired) electrons. The van der Waals surface area contributed by atoms with Gasteiger partial charge in [-0.1, -0.05) is 12.1 Å². The number of carbonyl (C=O) groups excluding carboxylic acids is 1. The summed E-state index contributed by atoms with van der Waals surface area (Å²) in [5.41, 5.74) is 4.36. The molecule has 0 aromatic heterocycles. The number of Topliss-reactive ketones (excluding diaryl/α,β-unsaturated/α-hetero) is 1. The van der Waals surface area contributed by atoms with Gasteiger partial charge in [0.05, 0.1) is 12.2 Å². The van der Waals surface area contributed by atoms with E-state index in [2.05, 4.69) is 5.43 Å². The molecule has 0 saturated heterocycles. The molecular weight excluding hydrogens is 154 g/mol. The Morgan fingerprint density at radius 3 is 3.00 bits per heavy atom. The summed E-state index contributed by atoms with van der Waals surface area (Å²) in [6, 6.07) is 7.31. The highest BCUT2D eigenvalue weighted by Gasteiger charge is 2.19. The van der Waals surface area contributed by atoms with Crippen molar-refractivity contribution >= 4 is 11.5 Å². The Morgan fingerprint density at radius 2 is 2.17 bits per heavy atom. The van der Waals surface area contributed by atoms with Crippen LogP contribution in [0.2, 0.25) is 0 Å². The monoisotopic (exact) mass is 163 g/mol. The number of ketones is 1. The molecule has 0 bridgehead atoms. The molecule has 0 atom stereocenters. The summed E-state index contributed by atoms with van der Waals surface area (Å²) in [5.74, 6) is 5.49. The van der Waals surface area contributed by atoms with Gasteiger partial charge in [-0.05, 0) is 12.1 Å². The van der Waals surface area contributed by atoms with Gasteiger partial charge in [0.2, 0.25) is 0 Å². The first-order valence-corrected chi connectivity index (χ1v) is 3.68. The van der Waals surface area contributed by atoms with Gasteiger partial charge in [0.25, 0.3) is 0 Å². The van der Waals surface area contributed by atoms with Crippen molar-refractivity contribution in [1.82, 2.24) is 5.12 Å². The summed E-state index contributed by atoms with van der Waals surface area (Å²) in [6.07, 6.45) is 0. The van der Waals surface area contributed by atoms with E-state index in [-0.39, 0.29) is 12.3 Å². The number of rotatable bonds is 0. The van der Waals surface area contributed by atoms with Crippen LogP contribution in [0.5, 0.6) is 0 Å². The highest BCUT2D eigenvalue weighted by Crippen LogP contribution is 2.19. The van der Waals surface area contributed by atoms with Crippen molar-refractivity contribution in [3.63, 3.8) is 0 Å². The van der Waals surface area contributed by atoms with E-state index < -0.39 is 0 Å². The molecule has 0 spiro atoms. The summed E-state index contributed by atoms with van der Waals surface area (Å²) in [7, 11) is 0. The minimum Gasteiger partial charge on any atom is -0.305 e. The lowest BCUT2D eigenvalue weighted by Gasteiger charge is -2.24. The average molecular weight is 163 g/mol. The van der Waals surface area contributed by atoms with Crippen LogP contribution in [-0.2, 0) is 0 Å². The number of hydrazine groups is 2. The third-order valence-electron chi connectivity index (χ3n) is 1.81. The molecule has 0 aliphatic carbocycles. The van der Waals surface area contributed by atoms with Gasteiger partial charge in [-0.2, -0.15) is 5.12 Å². The van der Waals surface area contributed by atoms with Crippen molar-refractivity contribution < 1.29 is 4.79 Å². The van der Waals surface area contributed by atoms with E-state index in [0.29, 0.717) is 5.56 Å². The minimum atomic E-state index is 0.0480. The second kappa shape index (κ2) is 2.58. The van der Waals surface area contributed by atoms with Crippen LogP contribution in [0.4, 0.5) is 5.69 Å². The van der Waals surface area contributed by atoms with Crippen LogP contribution in [0, 0.1) is 0 Å². The Bertz CT molecular complexity index is 324. The average Bonchev–Trinajstić information content (AvgIpc) is 2.04. The van der Waals surface area contributed by atoms with E-state index in [1.807, 2.05) is 18.2 Å². The Labute approximate surface area is 69.9 Å². The van der Waals surface area contributed by atoms with Gasteiger partial charge in [-0.3, -0.25) is 10.6 Å². The van der Waals surface area contributed by atoms with E-state index >= 15 is 0 Å². The number of fused-ring (bicyclic) bond motifs is 1. The zero-order valence-electron chi connectivity index (χ0n) is 6.45. The normalized spacial score (nSPS) is 16.9. The van der Waals surface area contributed by atoms with Gasteiger partial charge in [-0.15, -0.1) is 0 Å². The maximum atomic E-state index is 11.3. The fourth-order valence-corrected chi connectivity index (χ4v) is 1.26. The molecule has 0 unspecified atom stereocenters. The van der Waals surface area contributed by atoms with Crippen molar-refractivity contribution in [2.24, 2.45) is 5.84 Å². The van der Waals surface area contributed by atoms with Crippen molar-refractivity contribution in [1.29, 1.82) is 0 Å². The van der Waals surface area contributed by atoms with Gasteiger partial charge in [0.15, 0.2) is 5.78 Å². The van der Waals surface area contributed by atoms with Crippen LogP contribution in [0.1, 0.15) is 10.4 Å². The number of hydrogen-bond acceptors (Lipinski definition) is 4. The molecule has 4 heteroatoms. The highest BCUT2D eigenvalue weighted by molar-refractivity contribution is 6.03. The van der Waals surface area contributed by atoms with Gasteiger partial charge in [0, 0.05) is 5.56 Å². The predicted molar refractivity (Wildman–Crippen MR) is 45.3 cm³/mol. The molecule has 62 valence electrons. The maximum Gasteiger partial charge on any atom is 0.182 e. The van der Waals surface area contributed by atoms with Crippen LogP contribution < -0.4 is 11.3 Å². The van der Waals surface area contributed by atoms with Crippen LogP contribution in [0.3, 0.4) is 0 Å². The second-order valence-corrected chi connectivity index (χ2v) is 2.71. The van der Waals surface area contributed by atoms with E-state index in [0.717, 1.165) is 5.69 Å². The third-order valence-corrected chi connectivity index (χ3v) is 1.81. The predicted octanol–water partition coefficient (Wildman–Crippen LogP) is 0.385. The lowest BCUT2D eigenvalue weighted by molar-refractivity contribution is 0.0935. The number of nitrogens with zero attached hydrogens (tertiary/aromatic N) is 1. The zero-order chi connectivity index (χ0) is 8.55. The number of carbonyl (C=O) groups is 1. The molecule has 0 fully saturated rings. The Kier molecular flexibility index (Phi) is 1.56. The molecule has 1 aromatic carbocycles. The summed E-state index contributed by atoms with van der Waals surface area (Å²) in [5, 5.41) is 1.28. The summed E-state index contributed by atoms with van der Waals surface area (Å²) >= 11 is 0. The summed E-state index contributed by atoms with van der Waals surface area (Å²) in [6.45, 7) is 0.219. The molecular formula is C8H9N3O. The van der Waals surface area contributed by atoms with Crippen molar-refractivity contribution in [3.05, 3.63) is 29.8 Å². The third kappa shape index (κ3) is 1.07. The SMILES string of the molecule is NN1CC(=O)c2ccccc2N1. The van der Waals surface area contributed by atoms with Crippen molar-refractivity contribution in [3.8, 4) is 0 Å². The van der Waals surface area contributed by atoms with Gasteiger partial charge < -0.3 is 5.43 Å². The zero-order valence-corrected chi connectivity index (χ0v) is 6.45. The molecule has 4 nitrogen and oxygen atoms in total. The molecule has 2 rings (SSSR count). The van der Waals surface area contributed by atoms with Crippen molar-refractivity contribution in [2.45, 2.75) is 0 Å². The standard InChI is InChI=1S/C8H9N3O/c9-11-5-8(12)6-3-1-2-4-7(6)10-11/h1-4,10H,5,9H2.